The molecule has 1 aliphatic heterocycles. The molecule has 1 atom stereocenters. The van der Waals surface area contributed by atoms with Crippen LogP contribution in [0.4, 0.5) is 0 Å². The number of likely N-dealkylation sites (tertiary alicyclic amines) is 1. The first kappa shape index (κ1) is 16.9. The van der Waals surface area contributed by atoms with E-state index in [1.807, 2.05) is 0 Å². The van der Waals surface area contributed by atoms with Gasteiger partial charge < -0.3 is 19.3 Å². The van der Waals surface area contributed by atoms with E-state index < -0.39 is 11.4 Å². The van der Waals surface area contributed by atoms with Crippen molar-refractivity contribution in [3.8, 4) is 5.75 Å². The van der Waals surface area contributed by atoms with Gasteiger partial charge in [0.05, 0.1) is 11.0 Å². The molecule has 1 fully saturated rings. The summed E-state index contributed by atoms with van der Waals surface area (Å²) in [5, 5.41) is 13.1. The second kappa shape index (κ2) is 6.54. The van der Waals surface area contributed by atoms with Crippen molar-refractivity contribution in [2.75, 3.05) is 13.1 Å². The van der Waals surface area contributed by atoms with Crippen molar-refractivity contribution in [3.05, 3.63) is 41.5 Å². The SMILES string of the molecule is Cc1nc(COc2ccccc2C(=O)N2CC[C@](C)(C(=O)O)C2)no1. The number of amides is 1. The number of aryl methyl sites for hydroxylation is 1. The number of carboxylic acid groups (broad SMARTS) is 1. The Morgan fingerprint density at radius 2 is 2.16 bits per heavy atom. The number of carbonyl (C=O) groups excluding carboxylic acids is 1. The average molecular weight is 345 g/mol. The Bertz CT molecular complexity index is 803. The third-order valence-corrected chi connectivity index (χ3v) is 4.32. The van der Waals surface area contributed by atoms with Crippen LogP contribution in [0.1, 0.15) is 35.4 Å². The smallest absolute Gasteiger partial charge is 0.311 e. The molecule has 2 aromatic rings. The Balaban J connectivity index is 1.74. The van der Waals surface area contributed by atoms with Gasteiger partial charge in [-0.15, -0.1) is 0 Å². The lowest BCUT2D eigenvalue weighted by molar-refractivity contribution is -0.147. The molecule has 1 aliphatic rings. The molecule has 25 heavy (non-hydrogen) atoms. The average Bonchev–Trinajstić information content (AvgIpc) is 3.19. The highest BCUT2D eigenvalue weighted by atomic mass is 16.5. The minimum absolute atomic E-state index is 0.0779. The van der Waals surface area contributed by atoms with E-state index in [-0.39, 0.29) is 19.1 Å². The molecule has 1 N–H and O–H groups in total. The van der Waals surface area contributed by atoms with Crippen LogP contribution in [0.5, 0.6) is 5.75 Å². The molecule has 8 nitrogen and oxygen atoms in total. The molecule has 132 valence electrons. The van der Waals surface area contributed by atoms with E-state index in [1.54, 1.807) is 43.0 Å². The summed E-state index contributed by atoms with van der Waals surface area (Å²) in [4.78, 5) is 29.8. The van der Waals surface area contributed by atoms with Crippen LogP contribution in [-0.2, 0) is 11.4 Å². The molecule has 8 heteroatoms. The lowest BCUT2D eigenvalue weighted by Gasteiger charge is -2.21. The summed E-state index contributed by atoms with van der Waals surface area (Å²) < 4.78 is 10.6. The van der Waals surface area contributed by atoms with Crippen molar-refractivity contribution >= 4 is 11.9 Å². The number of aromatic nitrogens is 2. The van der Waals surface area contributed by atoms with Gasteiger partial charge in [0, 0.05) is 20.0 Å². The molecule has 3 rings (SSSR count). The quantitative estimate of drug-likeness (QED) is 0.882. The molecule has 1 saturated heterocycles. The number of carbonyl (C=O) groups is 2. The maximum atomic E-state index is 12.8. The van der Waals surface area contributed by atoms with Gasteiger partial charge in [-0.05, 0) is 25.5 Å². The molecular formula is C17H19N3O5. The summed E-state index contributed by atoms with van der Waals surface area (Å²) in [6.07, 6.45) is 0.430. The molecule has 1 aromatic carbocycles. The minimum atomic E-state index is -0.909. The van der Waals surface area contributed by atoms with E-state index in [0.717, 1.165) is 0 Å². The highest BCUT2D eigenvalue weighted by Crippen LogP contribution is 2.32. The van der Waals surface area contributed by atoms with E-state index in [4.69, 9.17) is 9.26 Å². The molecule has 1 amide bonds. The van der Waals surface area contributed by atoms with Crippen LogP contribution in [0.25, 0.3) is 0 Å². The zero-order chi connectivity index (χ0) is 18.0. The fourth-order valence-corrected chi connectivity index (χ4v) is 2.79. The molecule has 2 heterocycles. The number of ether oxygens (including phenoxy) is 1. The van der Waals surface area contributed by atoms with E-state index >= 15 is 0 Å². The molecule has 0 bridgehead atoms. The topological polar surface area (TPSA) is 106 Å². The van der Waals surface area contributed by atoms with Gasteiger partial charge in [-0.25, -0.2) is 0 Å². The maximum absolute atomic E-state index is 12.8. The lowest BCUT2D eigenvalue weighted by atomic mass is 9.90. The third-order valence-electron chi connectivity index (χ3n) is 4.32. The Kier molecular flexibility index (Phi) is 4.43. The van der Waals surface area contributed by atoms with Crippen LogP contribution in [0.3, 0.4) is 0 Å². The van der Waals surface area contributed by atoms with Crippen LogP contribution in [0.2, 0.25) is 0 Å². The van der Waals surface area contributed by atoms with Crippen molar-refractivity contribution < 1.29 is 24.0 Å². The summed E-state index contributed by atoms with van der Waals surface area (Å²) in [5.41, 5.74) is -0.523. The third kappa shape index (κ3) is 3.47. The zero-order valence-corrected chi connectivity index (χ0v) is 14.1. The van der Waals surface area contributed by atoms with Gasteiger partial charge in [0.25, 0.3) is 5.91 Å². The van der Waals surface area contributed by atoms with E-state index in [2.05, 4.69) is 10.1 Å². The number of carboxylic acids is 1. The predicted octanol–water partition coefficient (Wildman–Crippen LogP) is 1.89. The van der Waals surface area contributed by atoms with Crippen molar-refractivity contribution in [3.63, 3.8) is 0 Å². The number of nitrogens with zero attached hydrogens (tertiary/aromatic N) is 3. The van der Waals surface area contributed by atoms with Gasteiger partial charge in [0.15, 0.2) is 6.61 Å². The first-order valence-electron chi connectivity index (χ1n) is 7.93. The number of benzene rings is 1. The molecule has 1 aromatic heterocycles. The molecule has 0 saturated carbocycles. The van der Waals surface area contributed by atoms with Gasteiger partial charge >= 0.3 is 5.97 Å². The van der Waals surface area contributed by atoms with Crippen LogP contribution in [0.15, 0.2) is 28.8 Å². The normalized spacial score (nSPS) is 19.8. The number of hydrogen-bond donors (Lipinski definition) is 1. The summed E-state index contributed by atoms with van der Waals surface area (Å²) in [5.74, 6) is 0.0934. The summed E-state index contributed by atoms with van der Waals surface area (Å²) in [7, 11) is 0. The van der Waals surface area contributed by atoms with Crippen molar-refractivity contribution in [1.29, 1.82) is 0 Å². The van der Waals surface area contributed by atoms with Crippen LogP contribution in [-0.4, -0.2) is 45.1 Å². The first-order valence-corrected chi connectivity index (χ1v) is 7.93. The summed E-state index contributed by atoms with van der Waals surface area (Å²) >= 11 is 0. The van der Waals surface area contributed by atoms with E-state index in [0.29, 0.717) is 36.0 Å². The van der Waals surface area contributed by atoms with Crippen molar-refractivity contribution in [1.82, 2.24) is 15.0 Å². The minimum Gasteiger partial charge on any atom is -0.485 e. The second-order valence-corrected chi connectivity index (χ2v) is 6.36. The van der Waals surface area contributed by atoms with Gasteiger partial charge in [0.1, 0.15) is 5.75 Å². The fraction of sp³-hybridized carbons (Fsp3) is 0.412. The van der Waals surface area contributed by atoms with Crippen LogP contribution >= 0.6 is 0 Å². The van der Waals surface area contributed by atoms with Crippen molar-refractivity contribution in [2.45, 2.75) is 26.9 Å². The van der Waals surface area contributed by atoms with Crippen LogP contribution in [0, 0.1) is 12.3 Å². The number of aliphatic carboxylic acids is 1. The highest BCUT2D eigenvalue weighted by Gasteiger charge is 2.42. The Morgan fingerprint density at radius 3 is 2.80 bits per heavy atom. The Labute approximate surface area is 144 Å². The van der Waals surface area contributed by atoms with Gasteiger partial charge in [0.2, 0.25) is 11.7 Å². The largest absolute Gasteiger partial charge is 0.485 e. The van der Waals surface area contributed by atoms with Crippen LogP contribution < -0.4 is 4.74 Å². The van der Waals surface area contributed by atoms with Gasteiger partial charge in [-0.3, -0.25) is 9.59 Å². The second-order valence-electron chi connectivity index (χ2n) is 6.36. The number of hydrogen-bond acceptors (Lipinski definition) is 6. The van der Waals surface area contributed by atoms with Crippen molar-refractivity contribution in [2.24, 2.45) is 5.41 Å². The molecular weight excluding hydrogens is 326 g/mol. The maximum Gasteiger partial charge on any atom is 0.311 e. The monoisotopic (exact) mass is 345 g/mol. The van der Waals surface area contributed by atoms with Gasteiger partial charge in [-0.2, -0.15) is 4.98 Å². The Hall–Kier alpha value is -2.90. The van der Waals surface area contributed by atoms with E-state index in [9.17, 15) is 14.7 Å². The van der Waals surface area contributed by atoms with Gasteiger partial charge in [-0.1, -0.05) is 17.3 Å². The number of rotatable bonds is 5. The first-order chi connectivity index (χ1) is 11.9. The Morgan fingerprint density at radius 1 is 1.40 bits per heavy atom. The lowest BCUT2D eigenvalue weighted by Crippen LogP contribution is -2.35. The standard InChI is InChI=1S/C17H19N3O5/c1-11-18-14(19-25-11)9-24-13-6-4-3-5-12(13)15(21)20-8-7-17(2,10-20)16(22)23/h3-6H,7-10H2,1-2H3,(H,22,23)/t17-/m0/s1. The highest BCUT2D eigenvalue weighted by molar-refractivity contribution is 5.97. The number of para-hydroxylation sites is 1. The summed E-state index contributed by atoms with van der Waals surface area (Å²) in [6.45, 7) is 4.00. The molecule has 0 radical (unpaired) electrons. The summed E-state index contributed by atoms with van der Waals surface area (Å²) in [6, 6.07) is 6.85. The molecule has 0 spiro atoms. The fourth-order valence-electron chi connectivity index (χ4n) is 2.79. The zero-order valence-electron chi connectivity index (χ0n) is 14.1. The predicted molar refractivity (Wildman–Crippen MR) is 86.1 cm³/mol. The molecule has 0 unspecified atom stereocenters. The molecule has 0 aliphatic carbocycles. The van der Waals surface area contributed by atoms with E-state index in [1.165, 1.54) is 0 Å².